The van der Waals surface area contributed by atoms with Crippen molar-refractivity contribution in [3.63, 3.8) is 0 Å². The molecule has 0 aromatic rings. The van der Waals surface area contributed by atoms with E-state index in [-0.39, 0.29) is 11.6 Å². The molecule has 84 valence electrons. The van der Waals surface area contributed by atoms with Crippen LogP contribution < -0.4 is 0 Å². The number of carbonyl (C=O) groups is 1. The molecule has 4 rings (SSSR count). The van der Waals surface area contributed by atoms with Gasteiger partial charge in [-0.1, -0.05) is 15.9 Å². The molecule has 4 aliphatic rings. The molecule has 4 fully saturated rings. The van der Waals surface area contributed by atoms with Crippen molar-refractivity contribution in [1.29, 1.82) is 0 Å². The summed E-state index contributed by atoms with van der Waals surface area (Å²) >= 11 is 3.18. The van der Waals surface area contributed by atoms with Crippen molar-refractivity contribution >= 4 is 21.9 Å². The Hall–Kier alpha value is -0.0500. The lowest BCUT2D eigenvalue weighted by Crippen LogP contribution is -2.44. The summed E-state index contributed by atoms with van der Waals surface area (Å²) in [4.78, 5) is 11.5. The van der Waals surface area contributed by atoms with Crippen LogP contribution in [0, 0.1) is 23.7 Å². The maximum Gasteiger partial charge on any atom is 0.317 e. The Morgan fingerprint density at radius 2 is 2.20 bits per heavy atom. The molecule has 0 amide bonds. The smallest absolute Gasteiger partial charge is 0.317 e. The lowest BCUT2D eigenvalue weighted by Gasteiger charge is -2.41. The van der Waals surface area contributed by atoms with Crippen molar-refractivity contribution in [2.75, 3.05) is 5.33 Å². The molecule has 15 heavy (non-hydrogen) atoms. The molecule has 0 heterocycles. The van der Waals surface area contributed by atoms with Crippen molar-refractivity contribution in [3.8, 4) is 0 Å². The zero-order chi connectivity index (χ0) is 10.6. The first kappa shape index (κ1) is 10.1. The van der Waals surface area contributed by atoms with Gasteiger partial charge >= 0.3 is 5.97 Å². The molecule has 0 aliphatic heterocycles. The van der Waals surface area contributed by atoms with E-state index in [0.29, 0.717) is 17.2 Å². The van der Waals surface area contributed by atoms with Crippen LogP contribution in [0.4, 0.5) is 0 Å². The summed E-state index contributed by atoms with van der Waals surface area (Å²) in [7, 11) is 0. The predicted molar refractivity (Wildman–Crippen MR) is 60.7 cm³/mol. The first-order valence-corrected chi connectivity index (χ1v) is 7.03. The molecule has 4 saturated carbocycles. The lowest BCUT2D eigenvalue weighted by atomic mass is 9.73. The summed E-state index contributed by atoms with van der Waals surface area (Å²) in [6.45, 7) is 2.17. The molecule has 0 spiro atoms. The molecule has 2 nitrogen and oxygen atoms in total. The maximum absolute atomic E-state index is 11.5. The number of ether oxygens (including phenoxy) is 1. The topological polar surface area (TPSA) is 26.3 Å². The van der Waals surface area contributed by atoms with Crippen molar-refractivity contribution in [3.05, 3.63) is 0 Å². The minimum atomic E-state index is -0.136. The van der Waals surface area contributed by atoms with Gasteiger partial charge in [0.1, 0.15) is 10.9 Å². The third-order valence-corrected chi connectivity index (χ3v) is 5.45. The monoisotopic (exact) mass is 272 g/mol. The van der Waals surface area contributed by atoms with Gasteiger partial charge in [0.25, 0.3) is 0 Å². The fraction of sp³-hybridized carbons (Fsp3) is 0.917. The molecular formula is C12H17BrO2. The largest absolute Gasteiger partial charge is 0.458 e. The molecule has 0 radical (unpaired) electrons. The second-order valence-electron chi connectivity index (χ2n) is 5.66. The summed E-state index contributed by atoms with van der Waals surface area (Å²) < 4.78 is 5.73. The van der Waals surface area contributed by atoms with Gasteiger partial charge in [0, 0.05) is 5.92 Å². The minimum absolute atomic E-state index is 0.0894. The maximum atomic E-state index is 11.5. The highest BCUT2D eigenvalue weighted by Gasteiger charge is 2.62. The van der Waals surface area contributed by atoms with E-state index in [9.17, 15) is 4.79 Å². The summed E-state index contributed by atoms with van der Waals surface area (Å²) in [5, 5.41) is 0.329. The van der Waals surface area contributed by atoms with E-state index in [4.69, 9.17) is 4.74 Å². The number of halogens is 1. The Morgan fingerprint density at radius 1 is 1.40 bits per heavy atom. The Labute approximate surface area is 98.9 Å². The van der Waals surface area contributed by atoms with Crippen molar-refractivity contribution in [2.45, 2.75) is 38.2 Å². The highest BCUT2D eigenvalue weighted by molar-refractivity contribution is 9.09. The molecule has 5 unspecified atom stereocenters. The van der Waals surface area contributed by atoms with Crippen LogP contribution in [0.2, 0.25) is 0 Å². The van der Waals surface area contributed by atoms with Crippen LogP contribution in [-0.2, 0) is 9.53 Å². The average molecular weight is 273 g/mol. The van der Waals surface area contributed by atoms with Crippen LogP contribution in [0.3, 0.4) is 0 Å². The second kappa shape index (κ2) is 3.22. The standard InChI is InChI=1S/C12H17BrO2/c1-12(15-11(14)6-13)9-3-7-2-8(5-9)10(12)4-7/h7-10H,2-6H2,1H3. The quantitative estimate of drug-likeness (QED) is 0.571. The normalized spacial score (nSPS) is 51.1. The molecule has 0 N–H and O–H groups in total. The van der Waals surface area contributed by atoms with E-state index in [1.807, 2.05) is 0 Å². The van der Waals surface area contributed by atoms with E-state index < -0.39 is 0 Å². The number of carbonyl (C=O) groups excluding carboxylic acids is 1. The highest BCUT2D eigenvalue weighted by Crippen LogP contribution is 2.63. The van der Waals surface area contributed by atoms with E-state index in [1.54, 1.807) is 0 Å². The number of rotatable bonds is 2. The number of hydrogen-bond acceptors (Lipinski definition) is 2. The van der Waals surface area contributed by atoms with Crippen molar-refractivity contribution in [1.82, 2.24) is 0 Å². The fourth-order valence-electron chi connectivity index (χ4n) is 4.46. The van der Waals surface area contributed by atoms with E-state index in [1.165, 1.54) is 25.7 Å². The summed E-state index contributed by atoms with van der Waals surface area (Å²) in [6.07, 6.45) is 5.28. The Balaban J connectivity index is 1.84. The van der Waals surface area contributed by atoms with Crippen LogP contribution in [0.15, 0.2) is 0 Å². The van der Waals surface area contributed by atoms with Gasteiger partial charge < -0.3 is 4.74 Å². The Kier molecular flexibility index (Phi) is 2.17. The van der Waals surface area contributed by atoms with Gasteiger partial charge in [-0.05, 0) is 50.4 Å². The zero-order valence-electron chi connectivity index (χ0n) is 9.04. The van der Waals surface area contributed by atoms with E-state index in [2.05, 4.69) is 22.9 Å². The van der Waals surface area contributed by atoms with Crippen LogP contribution in [0.5, 0.6) is 0 Å². The highest BCUT2D eigenvalue weighted by atomic mass is 79.9. The first-order chi connectivity index (χ1) is 7.13. The Morgan fingerprint density at radius 3 is 2.87 bits per heavy atom. The molecular weight excluding hydrogens is 256 g/mol. The summed E-state index contributed by atoms with van der Waals surface area (Å²) in [6, 6.07) is 0. The number of esters is 1. The summed E-state index contributed by atoms with van der Waals surface area (Å²) in [5.74, 6) is 3.00. The molecule has 0 saturated heterocycles. The van der Waals surface area contributed by atoms with Gasteiger partial charge in [-0.2, -0.15) is 0 Å². The predicted octanol–water partition coefficient (Wildman–Crippen LogP) is 2.75. The van der Waals surface area contributed by atoms with Gasteiger partial charge in [0.05, 0.1) is 0 Å². The number of hydrogen-bond donors (Lipinski definition) is 0. The lowest BCUT2D eigenvalue weighted by molar-refractivity contribution is -0.167. The molecule has 3 heteroatoms. The van der Waals surface area contributed by atoms with E-state index >= 15 is 0 Å². The molecule has 0 aromatic carbocycles. The Bertz CT molecular complexity index is 300. The van der Waals surface area contributed by atoms with Gasteiger partial charge in [-0.15, -0.1) is 0 Å². The molecule has 4 bridgehead atoms. The minimum Gasteiger partial charge on any atom is -0.458 e. The SMILES string of the molecule is CC1(OC(=O)CBr)C2CC3CC(C2)C1C3. The van der Waals surface area contributed by atoms with E-state index in [0.717, 1.165) is 11.8 Å². The first-order valence-electron chi connectivity index (χ1n) is 5.91. The zero-order valence-corrected chi connectivity index (χ0v) is 10.6. The van der Waals surface area contributed by atoms with Crippen LogP contribution in [0.1, 0.15) is 32.6 Å². The van der Waals surface area contributed by atoms with Crippen molar-refractivity contribution in [2.24, 2.45) is 23.7 Å². The van der Waals surface area contributed by atoms with Crippen molar-refractivity contribution < 1.29 is 9.53 Å². The fourth-order valence-corrected chi connectivity index (χ4v) is 4.58. The third kappa shape index (κ3) is 1.31. The molecule has 0 aromatic heterocycles. The molecule has 4 aliphatic carbocycles. The van der Waals surface area contributed by atoms with Crippen LogP contribution in [0.25, 0.3) is 0 Å². The molecule has 5 atom stereocenters. The van der Waals surface area contributed by atoms with Gasteiger partial charge in [-0.3, -0.25) is 4.79 Å². The summed E-state index contributed by atoms with van der Waals surface area (Å²) in [5.41, 5.74) is -0.136. The van der Waals surface area contributed by atoms with Gasteiger partial charge in [-0.25, -0.2) is 0 Å². The van der Waals surface area contributed by atoms with Crippen LogP contribution >= 0.6 is 15.9 Å². The number of alkyl halides is 1. The van der Waals surface area contributed by atoms with Crippen LogP contribution in [-0.4, -0.2) is 16.9 Å². The van der Waals surface area contributed by atoms with Gasteiger partial charge in [0.15, 0.2) is 0 Å². The third-order valence-electron chi connectivity index (χ3n) is 4.99. The van der Waals surface area contributed by atoms with Gasteiger partial charge in [0.2, 0.25) is 0 Å². The second-order valence-corrected chi connectivity index (χ2v) is 6.22. The average Bonchev–Trinajstić information content (AvgIpc) is 2.60.